The Kier molecular flexibility index (Phi) is 6.33. The number of imidazole rings is 1. The molecule has 0 radical (unpaired) electrons. The van der Waals surface area contributed by atoms with Gasteiger partial charge in [0.25, 0.3) is 0 Å². The first-order chi connectivity index (χ1) is 9.38. The third-order valence-corrected chi connectivity index (χ3v) is 3.45. The second-order valence-electron chi connectivity index (χ2n) is 5.06. The zero-order chi connectivity index (χ0) is 13.3. The van der Waals surface area contributed by atoms with Crippen LogP contribution in [0.4, 0.5) is 0 Å². The van der Waals surface area contributed by atoms with Gasteiger partial charge in [0.15, 0.2) is 0 Å². The molecule has 1 aliphatic heterocycles. The van der Waals surface area contributed by atoms with E-state index in [1.807, 2.05) is 6.33 Å². The molecule has 2 rings (SSSR count). The Morgan fingerprint density at radius 3 is 2.89 bits per heavy atom. The van der Waals surface area contributed by atoms with Gasteiger partial charge in [-0.25, -0.2) is 4.98 Å². The van der Waals surface area contributed by atoms with Crippen LogP contribution in [0.2, 0.25) is 0 Å². The molecular formula is C14H26N4O. The van der Waals surface area contributed by atoms with Crippen LogP contribution in [0.1, 0.15) is 19.0 Å². The molecule has 1 aromatic rings. The third-order valence-electron chi connectivity index (χ3n) is 3.45. The van der Waals surface area contributed by atoms with E-state index < -0.39 is 0 Å². The molecule has 2 heterocycles. The molecule has 1 N–H and O–H groups in total. The Labute approximate surface area is 116 Å². The standard InChI is InChI=1S/C14H26N4O/c1-2-4-15-5-3-14-12-18(13-16-14)7-6-17-8-10-19-11-9-17/h12-13,15H,2-11H2,1H3. The molecule has 0 amide bonds. The van der Waals surface area contributed by atoms with E-state index in [4.69, 9.17) is 4.74 Å². The highest BCUT2D eigenvalue weighted by Crippen LogP contribution is 2.00. The first-order valence-corrected chi connectivity index (χ1v) is 7.40. The van der Waals surface area contributed by atoms with E-state index in [9.17, 15) is 0 Å². The minimum absolute atomic E-state index is 0.873. The number of nitrogens with zero attached hydrogens (tertiary/aromatic N) is 3. The average Bonchev–Trinajstić information content (AvgIpc) is 2.91. The SMILES string of the molecule is CCCNCCc1cn(CCN2CCOCC2)cn1. The maximum absolute atomic E-state index is 5.35. The lowest BCUT2D eigenvalue weighted by atomic mass is 10.3. The minimum atomic E-state index is 0.873. The summed E-state index contributed by atoms with van der Waals surface area (Å²) >= 11 is 0. The van der Waals surface area contributed by atoms with Gasteiger partial charge in [-0.1, -0.05) is 6.92 Å². The summed E-state index contributed by atoms with van der Waals surface area (Å²) in [6.45, 7) is 10.3. The molecule has 1 aliphatic rings. The summed E-state index contributed by atoms with van der Waals surface area (Å²) in [5, 5.41) is 3.41. The topological polar surface area (TPSA) is 42.3 Å². The number of rotatable bonds is 8. The molecule has 0 saturated carbocycles. The van der Waals surface area contributed by atoms with E-state index in [0.29, 0.717) is 0 Å². The minimum Gasteiger partial charge on any atom is -0.379 e. The van der Waals surface area contributed by atoms with Gasteiger partial charge in [-0.2, -0.15) is 0 Å². The highest BCUT2D eigenvalue weighted by Gasteiger charge is 2.09. The molecule has 0 spiro atoms. The van der Waals surface area contributed by atoms with E-state index in [-0.39, 0.29) is 0 Å². The Bertz CT molecular complexity index is 347. The maximum Gasteiger partial charge on any atom is 0.0949 e. The number of morpholine rings is 1. The van der Waals surface area contributed by atoms with Crippen LogP contribution in [0, 0.1) is 0 Å². The highest BCUT2D eigenvalue weighted by atomic mass is 16.5. The van der Waals surface area contributed by atoms with E-state index in [2.05, 4.69) is 32.9 Å². The highest BCUT2D eigenvalue weighted by molar-refractivity contribution is 4.97. The molecule has 1 saturated heterocycles. The average molecular weight is 266 g/mol. The van der Waals surface area contributed by atoms with Crippen LogP contribution in [-0.4, -0.2) is 60.4 Å². The largest absolute Gasteiger partial charge is 0.379 e. The zero-order valence-corrected chi connectivity index (χ0v) is 12.0. The number of ether oxygens (including phenoxy) is 1. The van der Waals surface area contributed by atoms with Crippen LogP contribution in [-0.2, 0) is 17.7 Å². The third kappa shape index (κ3) is 5.30. The van der Waals surface area contributed by atoms with Crippen molar-refractivity contribution in [1.82, 2.24) is 19.8 Å². The van der Waals surface area contributed by atoms with Gasteiger partial charge in [0.1, 0.15) is 0 Å². The number of aromatic nitrogens is 2. The second kappa shape index (κ2) is 8.30. The van der Waals surface area contributed by atoms with Crippen molar-refractivity contribution < 1.29 is 4.74 Å². The van der Waals surface area contributed by atoms with Crippen molar-refractivity contribution in [2.75, 3.05) is 45.9 Å². The molecule has 1 aromatic heterocycles. The molecule has 0 aromatic carbocycles. The number of nitrogens with one attached hydrogen (secondary N) is 1. The quantitative estimate of drug-likeness (QED) is 0.705. The lowest BCUT2D eigenvalue weighted by Crippen LogP contribution is -2.38. The second-order valence-corrected chi connectivity index (χ2v) is 5.06. The van der Waals surface area contributed by atoms with Gasteiger partial charge in [0, 0.05) is 45.3 Å². The van der Waals surface area contributed by atoms with Crippen LogP contribution in [0.5, 0.6) is 0 Å². The Morgan fingerprint density at radius 1 is 1.26 bits per heavy atom. The van der Waals surface area contributed by atoms with Crippen molar-refractivity contribution in [2.24, 2.45) is 0 Å². The summed E-state index contributed by atoms with van der Waals surface area (Å²) < 4.78 is 7.55. The molecule has 0 unspecified atom stereocenters. The van der Waals surface area contributed by atoms with Crippen molar-refractivity contribution in [3.05, 3.63) is 18.2 Å². The molecule has 108 valence electrons. The van der Waals surface area contributed by atoms with Crippen LogP contribution >= 0.6 is 0 Å². The normalized spacial score (nSPS) is 16.9. The Morgan fingerprint density at radius 2 is 2.11 bits per heavy atom. The zero-order valence-electron chi connectivity index (χ0n) is 12.0. The summed E-state index contributed by atoms with van der Waals surface area (Å²) in [5.74, 6) is 0. The van der Waals surface area contributed by atoms with Gasteiger partial charge in [-0.05, 0) is 13.0 Å². The molecule has 5 heteroatoms. The van der Waals surface area contributed by atoms with Crippen molar-refractivity contribution in [1.29, 1.82) is 0 Å². The van der Waals surface area contributed by atoms with Gasteiger partial charge in [-0.3, -0.25) is 4.90 Å². The smallest absolute Gasteiger partial charge is 0.0949 e. The fourth-order valence-corrected chi connectivity index (χ4v) is 2.26. The van der Waals surface area contributed by atoms with E-state index >= 15 is 0 Å². The van der Waals surface area contributed by atoms with Gasteiger partial charge in [0.05, 0.1) is 25.2 Å². The van der Waals surface area contributed by atoms with Crippen molar-refractivity contribution in [3.8, 4) is 0 Å². The first kappa shape index (κ1) is 14.5. The lowest BCUT2D eigenvalue weighted by Gasteiger charge is -2.26. The summed E-state index contributed by atoms with van der Waals surface area (Å²) in [7, 11) is 0. The maximum atomic E-state index is 5.35. The van der Waals surface area contributed by atoms with Gasteiger partial charge in [0.2, 0.25) is 0 Å². The molecule has 0 atom stereocenters. The summed E-state index contributed by atoms with van der Waals surface area (Å²) in [4.78, 5) is 6.91. The first-order valence-electron chi connectivity index (χ1n) is 7.40. The fraction of sp³-hybridized carbons (Fsp3) is 0.786. The van der Waals surface area contributed by atoms with Crippen molar-refractivity contribution in [3.63, 3.8) is 0 Å². The van der Waals surface area contributed by atoms with Crippen LogP contribution in [0.3, 0.4) is 0 Å². The Balaban J connectivity index is 1.65. The summed E-state index contributed by atoms with van der Waals surface area (Å²) in [5.41, 5.74) is 1.19. The van der Waals surface area contributed by atoms with Gasteiger partial charge >= 0.3 is 0 Å². The predicted octanol–water partition coefficient (Wildman–Crippen LogP) is 0.757. The lowest BCUT2D eigenvalue weighted by molar-refractivity contribution is 0.0364. The molecule has 0 bridgehead atoms. The molecule has 1 fully saturated rings. The molecular weight excluding hydrogens is 240 g/mol. The fourth-order valence-electron chi connectivity index (χ4n) is 2.26. The summed E-state index contributed by atoms with van der Waals surface area (Å²) in [6.07, 6.45) is 6.34. The van der Waals surface area contributed by atoms with E-state index in [1.54, 1.807) is 0 Å². The monoisotopic (exact) mass is 266 g/mol. The van der Waals surface area contributed by atoms with E-state index in [1.165, 1.54) is 12.1 Å². The number of hydrogen-bond acceptors (Lipinski definition) is 4. The predicted molar refractivity (Wildman–Crippen MR) is 76.4 cm³/mol. The summed E-state index contributed by atoms with van der Waals surface area (Å²) in [6, 6.07) is 0. The Hall–Kier alpha value is -0.910. The van der Waals surface area contributed by atoms with Crippen LogP contribution in [0.15, 0.2) is 12.5 Å². The molecule has 0 aliphatic carbocycles. The van der Waals surface area contributed by atoms with Crippen molar-refractivity contribution >= 4 is 0 Å². The van der Waals surface area contributed by atoms with Crippen molar-refractivity contribution in [2.45, 2.75) is 26.3 Å². The molecule has 19 heavy (non-hydrogen) atoms. The van der Waals surface area contributed by atoms with Crippen LogP contribution in [0.25, 0.3) is 0 Å². The number of hydrogen-bond donors (Lipinski definition) is 1. The molecule has 5 nitrogen and oxygen atoms in total. The van der Waals surface area contributed by atoms with Crippen LogP contribution < -0.4 is 5.32 Å². The van der Waals surface area contributed by atoms with Gasteiger partial charge < -0.3 is 14.6 Å². The van der Waals surface area contributed by atoms with E-state index in [0.717, 1.165) is 58.9 Å². The van der Waals surface area contributed by atoms with Gasteiger partial charge in [-0.15, -0.1) is 0 Å².